The van der Waals surface area contributed by atoms with Gasteiger partial charge >= 0.3 is 18.2 Å². The van der Waals surface area contributed by atoms with Gasteiger partial charge in [0.25, 0.3) is 0 Å². The summed E-state index contributed by atoms with van der Waals surface area (Å²) >= 11 is 0. The third-order valence-corrected chi connectivity index (χ3v) is 11.2. The number of nitrogens with zero attached hydrogens (tertiary/aromatic N) is 3. The number of unbranched alkanes of at least 4 members (excludes halogenated alkanes) is 1. The number of nitrogens with one attached hydrogen (secondary N) is 6. The minimum atomic E-state index is -1.37. The maximum absolute atomic E-state index is 13.4. The Balaban J connectivity index is 1.12. The van der Waals surface area contributed by atoms with E-state index in [0.717, 1.165) is 60.6 Å². The van der Waals surface area contributed by atoms with Crippen LogP contribution in [-0.2, 0) is 40.4 Å². The van der Waals surface area contributed by atoms with Crippen LogP contribution in [0.5, 0.6) is 0 Å². The first-order chi connectivity index (χ1) is 30.9. The molecule has 1 saturated carbocycles. The summed E-state index contributed by atoms with van der Waals surface area (Å²) in [6, 6.07) is 20.3. The quantitative estimate of drug-likeness (QED) is 0.0320. The number of primary amides is 1. The van der Waals surface area contributed by atoms with Crippen molar-refractivity contribution in [2.45, 2.75) is 104 Å². The van der Waals surface area contributed by atoms with Crippen LogP contribution in [0.2, 0.25) is 0 Å². The van der Waals surface area contributed by atoms with Crippen LogP contribution in [0.4, 0.5) is 25.9 Å². The first-order valence-corrected chi connectivity index (χ1v) is 22.1. The average Bonchev–Trinajstić information content (AvgIpc) is 4.03. The molecule has 1 aliphatic carbocycles. The molecule has 9 N–H and O–H groups in total. The van der Waals surface area contributed by atoms with Crippen molar-refractivity contribution in [1.29, 1.82) is 0 Å². The summed E-state index contributed by atoms with van der Waals surface area (Å²) in [6.07, 6.45) is 5.02. The van der Waals surface area contributed by atoms with Gasteiger partial charge in [0, 0.05) is 37.1 Å². The van der Waals surface area contributed by atoms with Crippen LogP contribution >= 0.6 is 0 Å². The molecule has 0 spiro atoms. The van der Waals surface area contributed by atoms with Gasteiger partial charge in [0.05, 0.1) is 11.0 Å². The molecule has 0 saturated heterocycles. The molecule has 17 heteroatoms. The second-order valence-electron chi connectivity index (χ2n) is 16.7. The van der Waals surface area contributed by atoms with Gasteiger partial charge in [-0.05, 0) is 79.0 Å². The molecule has 0 radical (unpaired) electrons. The highest BCUT2D eigenvalue weighted by Crippen LogP contribution is 2.33. The van der Waals surface area contributed by atoms with Crippen molar-refractivity contribution in [2.24, 2.45) is 17.6 Å². The maximum Gasteiger partial charge on any atom is 0.413 e. The van der Waals surface area contributed by atoms with E-state index in [1.807, 2.05) is 24.3 Å². The molecule has 0 aliphatic heterocycles. The Morgan fingerprint density at radius 3 is 2.27 bits per heavy atom. The molecule has 0 unspecified atom stereocenters. The van der Waals surface area contributed by atoms with Gasteiger partial charge in [-0.2, -0.15) is 0 Å². The predicted octanol–water partition coefficient (Wildman–Crippen LogP) is 6.78. The SMILES string of the molecule is CCCCc1nc2c(NC(=O)OCc3ccc(NC(=O)[C@H](CCCNC(N)=O)NC(=O)[C@@H](NC(=O)O)C(C)C)cc3)nc3ccccc3c2n1Cc1ccc(CNCCC2CC2)cc1. The lowest BCUT2D eigenvalue weighted by Gasteiger charge is -2.24. The van der Waals surface area contributed by atoms with E-state index in [1.54, 1.807) is 38.1 Å². The summed E-state index contributed by atoms with van der Waals surface area (Å²) < 4.78 is 7.89. The van der Waals surface area contributed by atoms with Crippen LogP contribution in [0.25, 0.3) is 21.9 Å². The maximum atomic E-state index is 13.4. The Kier molecular flexibility index (Phi) is 16.5. The largest absolute Gasteiger partial charge is 0.465 e. The van der Waals surface area contributed by atoms with Crippen molar-refractivity contribution in [3.8, 4) is 0 Å². The lowest BCUT2D eigenvalue weighted by atomic mass is 10.0. The third-order valence-electron chi connectivity index (χ3n) is 11.2. The van der Waals surface area contributed by atoms with Gasteiger partial charge in [-0.3, -0.25) is 14.9 Å². The first kappa shape index (κ1) is 46.7. The summed E-state index contributed by atoms with van der Waals surface area (Å²) in [7, 11) is 0. The summed E-state index contributed by atoms with van der Waals surface area (Å²) in [5.74, 6) is 0.499. The molecule has 340 valence electrons. The van der Waals surface area contributed by atoms with E-state index in [2.05, 4.69) is 67.7 Å². The molecular formula is C47H60N10O7. The van der Waals surface area contributed by atoms with Crippen LogP contribution in [0, 0.1) is 11.8 Å². The number of hydrogen-bond donors (Lipinski definition) is 8. The predicted molar refractivity (Wildman–Crippen MR) is 246 cm³/mol. The minimum absolute atomic E-state index is 0.0856. The van der Waals surface area contributed by atoms with Crippen molar-refractivity contribution in [3.63, 3.8) is 0 Å². The smallest absolute Gasteiger partial charge is 0.413 e. The highest BCUT2D eigenvalue weighted by molar-refractivity contribution is 6.09. The van der Waals surface area contributed by atoms with Crippen molar-refractivity contribution in [2.75, 3.05) is 23.7 Å². The van der Waals surface area contributed by atoms with E-state index in [0.29, 0.717) is 41.1 Å². The van der Waals surface area contributed by atoms with Gasteiger partial charge in [-0.1, -0.05) is 94.6 Å². The van der Waals surface area contributed by atoms with E-state index in [4.69, 9.17) is 20.4 Å². The topological polar surface area (TPSA) is 244 Å². The number of fused-ring (bicyclic) bond motifs is 3. The summed E-state index contributed by atoms with van der Waals surface area (Å²) in [5.41, 5.74) is 10.8. The zero-order valence-electron chi connectivity index (χ0n) is 36.7. The number of benzene rings is 3. The molecule has 0 bridgehead atoms. The van der Waals surface area contributed by atoms with Crippen LogP contribution in [-0.4, -0.2) is 74.8 Å². The third kappa shape index (κ3) is 13.4. The number of rotatable bonds is 23. The number of urea groups is 1. The van der Waals surface area contributed by atoms with Crippen molar-refractivity contribution in [1.82, 2.24) is 35.8 Å². The van der Waals surface area contributed by atoms with Crippen molar-refractivity contribution >= 4 is 63.5 Å². The van der Waals surface area contributed by atoms with E-state index in [1.165, 1.54) is 24.8 Å². The molecule has 17 nitrogen and oxygen atoms in total. The number of ether oxygens (including phenoxy) is 1. The number of carbonyl (C=O) groups is 5. The van der Waals surface area contributed by atoms with E-state index in [9.17, 15) is 29.1 Å². The van der Waals surface area contributed by atoms with Crippen molar-refractivity contribution < 1.29 is 33.8 Å². The fourth-order valence-corrected chi connectivity index (χ4v) is 7.47. The van der Waals surface area contributed by atoms with Crippen LogP contribution in [0.3, 0.4) is 0 Å². The molecule has 64 heavy (non-hydrogen) atoms. The number of aryl methyl sites for hydroxylation is 1. The number of imidazole rings is 1. The Morgan fingerprint density at radius 2 is 1.58 bits per heavy atom. The fraction of sp³-hybridized carbons (Fsp3) is 0.426. The number of pyridine rings is 1. The molecule has 2 aromatic heterocycles. The second-order valence-corrected chi connectivity index (χ2v) is 16.7. The number of carbonyl (C=O) groups excluding carboxylic acids is 4. The monoisotopic (exact) mass is 876 g/mol. The highest BCUT2D eigenvalue weighted by atomic mass is 16.5. The number of anilines is 2. The molecule has 3 aromatic carbocycles. The zero-order chi connectivity index (χ0) is 45.6. The lowest BCUT2D eigenvalue weighted by Crippen LogP contribution is -2.54. The summed E-state index contributed by atoms with van der Waals surface area (Å²) in [5, 5.41) is 26.6. The van der Waals surface area contributed by atoms with Gasteiger partial charge in [0.15, 0.2) is 5.82 Å². The van der Waals surface area contributed by atoms with Gasteiger partial charge in [0.2, 0.25) is 11.8 Å². The number of carboxylic acid groups (broad SMARTS) is 1. The van der Waals surface area contributed by atoms with Crippen LogP contribution < -0.4 is 37.6 Å². The van der Waals surface area contributed by atoms with Gasteiger partial charge in [-0.25, -0.2) is 24.4 Å². The molecule has 5 aromatic rings. The normalized spacial score (nSPS) is 13.3. The average molecular weight is 877 g/mol. The standard InChI is InChI=1S/C47H60N10O7/c1-4-5-12-38-54-40-41(57(38)27-32-17-15-31(16-18-32)26-49-25-23-30-13-14-30)35-9-6-7-10-36(35)52-42(40)56-47(63)64-28-33-19-21-34(22-20-33)51-43(58)37(11-8-24-50-45(48)60)53-44(59)39(29(2)3)55-46(61)62/h6-7,9-10,15-22,29-30,37,39,49,55H,4-5,8,11-14,23-28H2,1-3H3,(H,51,58)(H,53,59)(H,61,62)(H3,48,50,60)(H,52,56,63)/t37-,39-/m0/s1. The van der Waals surface area contributed by atoms with E-state index < -0.39 is 48.0 Å². The van der Waals surface area contributed by atoms with Crippen molar-refractivity contribution in [3.05, 3.63) is 95.3 Å². The van der Waals surface area contributed by atoms with Gasteiger partial charge in [-0.15, -0.1) is 0 Å². The van der Waals surface area contributed by atoms with E-state index in [-0.39, 0.29) is 19.6 Å². The summed E-state index contributed by atoms with van der Waals surface area (Å²) in [4.78, 5) is 72.2. The van der Waals surface area contributed by atoms with Crippen LogP contribution in [0.15, 0.2) is 72.8 Å². The minimum Gasteiger partial charge on any atom is -0.465 e. The first-order valence-electron chi connectivity index (χ1n) is 22.1. The molecule has 1 aliphatic rings. The molecule has 6 amide bonds. The molecule has 6 rings (SSSR count). The second kappa shape index (κ2) is 22.6. The molecule has 2 heterocycles. The number of hydrogen-bond acceptors (Lipinski definition) is 9. The Hall–Kier alpha value is -6.75. The number of para-hydroxylation sites is 1. The molecule has 2 atom stereocenters. The molecular weight excluding hydrogens is 817 g/mol. The fourth-order valence-electron chi connectivity index (χ4n) is 7.47. The van der Waals surface area contributed by atoms with E-state index >= 15 is 0 Å². The van der Waals surface area contributed by atoms with Gasteiger partial charge < -0.3 is 46.7 Å². The highest BCUT2D eigenvalue weighted by Gasteiger charge is 2.29. The Morgan fingerprint density at radius 1 is 0.859 bits per heavy atom. The van der Waals surface area contributed by atoms with Crippen LogP contribution in [0.1, 0.15) is 88.2 Å². The Labute approximate surface area is 372 Å². The summed E-state index contributed by atoms with van der Waals surface area (Å²) in [6.45, 7) is 8.07. The lowest BCUT2D eigenvalue weighted by molar-refractivity contribution is -0.128. The molecule has 1 fully saturated rings. The number of aromatic nitrogens is 3. The Bertz CT molecular complexity index is 2400. The number of nitrogens with two attached hydrogens (primary N) is 1. The zero-order valence-corrected chi connectivity index (χ0v) is 36.7. The van der Waals surface area contributed by atoms with Gasteiger partial charge in [0.1, 0.15) is 30.0 Å². The number of amides is 6.